The van der Waals surface area contributed by atoms with Gasteiger partial charge >= 0.3 is 6.18 Å². The molecule has 3 amide bonds. The van der Waals surface area contributed by atoms with Gasteiger partial charge in [-0.15, -0.1) is 0 Å². The number of benzene rings is 2. The standard InChI is InChI=1S/C26H21F3N4O3S/c1-14-11-17(15(2)32(14)20-9-7-19(8-10-20)30-16(3)34)12-22-23(35)31-25(37)33(24(22)36)21-6-4-5-18(13-21)26(27,28)29/h4-13H,1-3H3,(H,30,34)(H,31,35,37)/b22-12+. The third-order valence-corrected chi connectivity index (χ3v) is 6.03. The molecule has 0 spiro atoms. The molecule has 11 heteroatoms. The number of carbonyl (C=O) groups excluding carboxylic acids is 3. The van der Waals surface area contributed by atoms with Gasteiger partial charge in [-0.3, -0.25) is 24.6 Å². The van der Waals surface area contributed by atoms with E-state index >= 15 is 0 Å². The number of aromatic nitrogens is 1. The van der Waals surface area contributed by atoms with Gasteiger partial charge in [-0.05, 0) is 86.2 Å². The number of anilines is 2. The predicted octanol–water partition coefficient (Wildman–Crippen LogP) is 4.90. The van der Waals surface area contributed by atoms with E-state index in [0.29, 0.717) is 11.3 Å². The first-order valence-corrected chi connectivity index (χ1v) is 11.4. The van der Waals surface area contributed by atoms with E-state index in [9.17, 15) is 27.6 Å². The predicted molar refractivity (Wildman–Crippen MR) is 137 cm³/mol. The molecule has 1 aliphatic heterocycles. The number of aryl methyl sites for hydroxylation is 1. The Morgan fingerprint density at radius 1 is 1.03 bits per heavy atom. The van der Waals surface area contributed by atoms with Gasteiger partial charge in [0.15, 0.2) is 5.11 Å². The maximum Gasteiger partial charge on any atom is 0.416 e. The number of alkyl halides is 3. The summed E-state index contributed by atoms with van der Waals surface area (Å²) in [6.45, 7) is 5.07. The van der Waals surface area contributed by atoms with Gasteiger partial charge in [-0.1, -0.05) is 6.07 Å². The Balaban J connectivity index is 1.71. The summed E-state index contributed by atoms with van der Waals surface area (Å²) < 4.78 is 41.6. The molecule has 1 saturated heterocycles. The smallest absolute Gasteiger partial charge is 0.326 e. The van der Waals surface area contributed by atoms with E-state index in [-0.39, 0.29) is 22.3 Å². The summed E-state index contributed by atoms with van der Waals surface area (Å²) in [7, 11) is 0. The lowest BCUT2D eigenvalue weighted by Gasteiger charge is -2.29. The monoisotopic (exact) mass is 526 g/mol. The molecule has 0 bridgehead atoms. The molecule has 1 fully saturated rings. The third-order valence-electron chi connectivity index (χ3n) is 5.75. The first-order chi connectivity index (χ1) is 17.4. The molecule has 4 rings (SSSR count). The summed E-state index contributed by atoms with van der Waals surface area (Å²) >= 11 is 5.10. The molecule has 1 aromatic heterocycles. The van der Waals surface area contributed by atoms with E-state index in [1.54, 1.807) is 18.2 Å². The Morgan fingerprint density at radius 2 is 1.70 bits per heavy atom. The summed E-state index contributed by atoms with van der Waals surface area (Å²) in [6.07, 6.45) is -3.22. The molecule has 7 nitrogen and oxygen atoms in total. The van der Waals surface area contributed by atoms with E-state index < -0.39 is 23.6 Å². The van der Waals surface area contributed by atoms with E-state index in [4.69, 9.17) is 12.2 Å². The number of hydrogen-bond acceptors (Lipinski definition) is 4. The zero-order valence-electron chi connectivity index (χ0n) is 19.9. The van der Waals surface area contributed by atoms with Crippen LogP contribution in [-0.4, -0.2) is 27.4 Å². The van der Waals surface area contributed by atoms with Crippen molar-refractivity contribution in [1.82, 2.24) is 9.88 Å². The fourth-order valence-electron chi connectivity index (χ4n) is 4.10. The number of rotatable bonds is 4. The van der Waals surface area contributed by atoms with Crippen molar-refractivity contribution in [2.45, 2.75) is 26.9 Å². The summed E-state index contributed by atoms with van der Waals surface area (Å²) in [4.78, 5) is 38.1. The average Bonchev–Trinajstić information content (AvgIpc) is 3.09. The van der Waals surface area contributed by atoms with Crippen molar-refractivity contribution in [2.24, 2.45) is 0 Å². The van der Waals surface area contributed by atoms with Crippen LogP contribution in [0.25, 0.3) is 11.8 Å². The van der Waals surface area contributed by atoms with Crippen molar-refractivity contribution in [3.8, 4) is 5.69 Å². The first kappa shape index (κ1) is 25.8. The Bertz CT molecular complexity index is 1470. The summed E-state index contributed by atoms with van der Waals surface area (Å²) in [6, 6.07) is 13.1. The molecule has 1 aliphatic rings. The van der Waals surface area contributed by atoms with Crippen molar-refractivity contribution in [3.63, 3.8) is 0 Å². The second-order valence-electron chi connectivity index (χ2n) is 8.40. The number of amides is 3. The highest BCUT2D eigenvalue weighted by Crippen LogP contribution is 2.33. The zero-order valence-corrected chi connectivity index (χ0v) is 20.8. The van der Waals surface area contributed by atoms with E-state index in [1.807, 2.05) is 30.5 Å². The molecule has 190 valence electrons. The fraction of sp³-hybridized carbons (Fsp3) is 0.154. The lowest BCUT2D eigenvalue weighted by molar-refractivity contribution is -0.137. The highest BCUT2D eigenvalue weighted by atomic mass is 32.1. The van der Waals surface area contributed by atoms with Crippen LogP contribution in [-0.2, 0) is 20.6 Å². The topological polar surface area (TPSA) is 83.4 Å². The number of carbonyl (C=O) groups is 3. The number of nitrogens with zero attached hydrogens (tertiary/aromatic N) is 2. The van der Waals surface area contributed by atoms with Gasteiger partial charge < -0.3 is 9.88 Å². The number of thiocarbonyl (C=S) groups is 1. The maximum absolute atomic E-state index is 13.3. The number of hydrogen-bond donors (Lipinski definition) is 2. The quantitative estimate of drug-likeness (QED) is 0.288. The van der Waals surface area contributed by atoms with Gasteiger partial charge in [-0.25, -0.2) is 0 Å². The van der Waals surface area contributed by atoms with Gasteiger partial charge in [0.05, 0.1) is 11.3 Å². The van der Waals surface area contributed by atoms with Crippen LogP contribution in [0.3, 0.4) is 0 Å². The number of nitrogens with one attached hydrogen (secondary N) is 2. The van der Waals surface area contributed by atoms with Crippen LogP contribution in [0.4, 0.5) is 24.5 Å². The van der Waals surface area contributed by atoms with Gasteiger partial charge in [0.2, 0.25) is 5.91 Å². The molecule has 3 aromatic rings. The van der Waals surface area contributed by atoms with Crippen molar-refractivity contribution in [2.75, 3.05) is 10.2 Å². The molecule has 0 saturated carbocycles. The second-order valence-corrected chi connectivity index (χ2v) is 8.78. The molecular formula is C26H21F3N4O3S. The lowest BCUT2D eigenvalue weighted by atomic mass is 10.1. The van der Waals surface area contributed by atoms with Crippen LogP contribution in [0.1, 0.15) is 29.4 Å². The first-order valence-electron chi connectivity index (χ1n) is 11.0. The lowest BCUT2D eigenvalue weighted by Crippen LogP contribution is -2.54. The molecule has 2 N–H and O–H groups in total. The minimum atomic E-state index is -4.61. The van der Waals surface area contributed by atoms with Crippen LogP contribution in [0.5, 0.6) is 0 Å². The van der Waals surface area contributed by atoms with E-state index in [0.717, 1.165) is 34.1 Å². The number of halogens is 3. The Morgan fingerprint density at radius 3 is 2.32 bits per heavy atom. The van der Waals surface area contributed by atoms with E-state index in [1.165, 1.54) is 25.1 Å². The Hall–Kier alpha value is -4.25. The van der Waals surface area contributed by atoms with Crippen LogP contribution >= 0.6 is 12.2 Å². The van der Waals surface area contributed by atoms with Crippen molar-refractivity contribution in [1.29, 1.82) is 0 Å². The van der Waals surface area contributed by atoms with Gasteiger partial charge in [0.25, 0.3) is 11.8 Å². The molecular weight excluding hydrogens is 505 g/mol. The molecule has 37 heavy (non-hydrogen) atoms. The van der Waals surface area contributed by atoms with Crippen molar-refractivity contribution >= 4 is 52.5 Å². The molecule has 0 atom stereocenters. The fourth-order valence-corrected chi connectivity index (χ4v) is 4.38. The van der Waals surface area contributed by atoms with Crippen LogP contribution in [0, 0.1) is 13.8 Å². The molecule has 0 radical (unpaired) electrons. The Kier molecular flexibility index (Phi) is 6.74. The third kappa shape index (κ3) is 5.17. The largest absolute Gasteiger partial charge is 0.416 e. The zero-order chi connectivity index (χ0) is 27.1. The average molecular weight is 527 g/mol. The van der Waals surface area contributed by atoms with E-state index in [2.05, 4.69) is 10.6 Å². The molecule has 2 aromatic carbocycles. The minimum Gasteiger partial charge on any atom is -0.326 e. The van der Waals surface area contributed by atoms with Gasteiger partial charge in [0, 0.05) is 29.7 Å². The highest BCUT2D eigenvalue weighted by Gasteiger charge is 2.36. The minimum absolute atomic E-state index is 0.111. The normalized spacial score (nSPS) is 15.2. The Labute approximate surface area is 215 Å². The summed E-state index contributed by atoms with van der Waals surface area (Å²) in [5, 5.41) is 4.78. The van der Waals surface area contributed by atoms with Crippen molar-refractivity contribution in [3.05, 3.63) is 82.7 Å². The SMILES string of the molecule is CC(=O)Nc1ccc(-n2c(C)cc(/C=C3\C(=O)NC(=S)N(c4cccc(C(F)(F)F)c4)C3=O)c2C)cc1. The van der Waals surface area contributed by atoms with Crippen LogP contribution < -0.4 is 15.5 Å². The maximum atomic E-state index is 13.3. The molecule has 2 heterocycles. The van der Waals surface area contributed by atoms with Crippen LogP contribution in [0.2, 0.25) is 0 Å². The van der Waals surface area contributed by atoms with Gasteiger partial charge in [-0.2, -0.15) is 13.2 Å². The summed E-state index contributed by atoms with van der Waals surface area (Å²) in [5.41, 5.74) is 2.20. The molecule has 0 aliphatic carbocycles. The van der Waals surface area contributed by atoms with Crippen LogP contribution in [0.15, 0.2) is 60.2 Å². The second kappa shape index (κ2) is 9.66. The highest BCUT2D eigenvalue weighted by molar-refractivity contribution is 7.80. The van der Waals surface area contributed by atoms with Crippen molar-refractivity contribution < 1.29 is 27.6 Å². The molecule has 0 unspecified atom stereocenters. The van der Waals surface area contributed by atoms with Gasteiger partial charge in [0.1, 0.15) is 5.57 Å². The summed E-state index contributed by atoms with van der Waals surface area (Å²) in [5.74, 6) is -1.77.